The summed E-state index contributed by atoms with van der Waals surface area (Å²) in [4.78, 5) is 5.12. The average Bonchev–Trinajstić information content (AvgIpc) is 2.86. The number of nitrogens with zero attached hydrogens (tertiary/aromatic N) is 3. The summed E-state index contributed by atoms with van der Waals surface area (Å²) in [5, 5.41) is 3.94. The Labute approximate surface area is 108 Å². The summed E-state index contributed by atoms with van der Waals surface area (Å²) in [7, 11) is 0. The SMILES string of the molecule is NCc1cc(CN2CCN3CCCCC3C2)on1. The monoisotopic (exact) mass is 250 g/mol. The van der Waals surface area contributed by atoms with Crippen molar-refractivity contribution in [1.82, 2.24) is 15.0 Å². The molecule has 2 fully saturated rings. The van der Waals surface area contributed by atoms with Crippen LogP contribution in [0.15, 0.2) is 10.6 Å². The van der Waals surface area contributed by atoms with Gasteiger partial charge in [0.15, 0.2) is 5.76 Å². The predicted molar refractivity (Wildman–Crippen MR) is 68.9 cm³/mol. The van der Waals surface area contributed by atoms with Gasteiger partial charge in [-0.1, -0.05) is 11.6 Å². The van der Waals surface area contributed by atoms with Crippen molar-refractivity contribution >= 4 is 0 Å². The van der Waals surface area contributed by atoms with E-state index in [0.29, 0.717) is 6.54 Å². The summed E-state index contributed by atoms with van der Waals surface area (Å²) in [6, 6.07) is 2.73. The van der Waals surface area contributed by atoms with Crippen LogP contribution in [0.5, 0.6) is 0 Å². The molecule has 0 aromatic carbocycles. The van der Waals surface area contributed by atoms with Gasteiger partial charge >= 0.3 is 0 Å². The maximum absolute atomic E-state index is 5.54. The van der Waals surface area contributed by atoms with E-state index in [1.165, 1.54) is 38.9 Å². The molecule has 1 unspecified atom stereocenters. The summed E-state index contributed by atoms with van der Waals surface area (Å²) in [6.45, 7) is 6.12. The van der Waals surface area contributed by atoms with E-state index in [1.54, 1.807) is 0 Å². The normalized spacial score (nSPS) is 26.2. The molecule has 0 aliphatic carbocycles. The Bertz CT molecular complexity index is 392. The maximum Gasteiger partial charge on any atom is 0.151 e. The van der Waals surface area contributed by atoms with E-state index in [1.807, 2.05) is 6.07 Å². The Balaban J connectivity index is 1.57. The highest BCUT2D eigenvalue weighted by molar-refractivity contribution is 5.05. The minimum absolute atomic E-state index is 0.458. The highest BCUT2D eigenvalue weighted by atomic mass is 16.5. The number of fused-ring (bicyclic) bond motifs is 1. The number of piperidine rings is 1. The lowest BCUT2D eigenvalue weighted by molar-refractivity contribution is 0.0417. The third-order valence-electron chi connectivity index (χ3n) is 4.12. The van der Waals surface area contributed by atoms with Crippen molar-refractivity contribution in [2.75, 3.05) is 26.2 Å². The number of hydrogen-bond donors (Lipinski definition) is 1. The molecule has 1 aromatic heterocycles. The van der Waals surface area contributed by atoms with Crippen LogP contribution >= 0.6 is 0 Å². The molecule has 18 heavy (non-hydrogen) atoms. The van der Waals surface area contributed by atoms with Gasteiger partial charge in [-0.2, -0.15) is 0 Å². The zero-order valence-electron chi connectivity index (χ0n) is 10.8. The number of nitrogens with two attached hydrogens (primary N) is 1. The largest absolute Gasteiger partial charge is 0.360 e. The van der Waals surface area contributed by atoms with Gasteiger partial charge < -0.3 is 10.3 Å². The van der Waals surface area contributed by atoms with E-state index in [-0.39, 0.29) is 0 Å². The first-order chi connectivity index (χ1) is 8.85. The van der Waals surface area contributed by atoms with Crippen LogP contribution in [0.1, 0.15) is 30.7 Å². The van der Waals surface area contributed by atoms with Gasteiger partial charge in [0, 0.05) is 38.3 Å². The first kappa shape index (κ1) is 12.1. The smallest absolute Gasteiger partial charge is 0.151 e. The van der Waals surface area contributed by atoms with Crippen LogP contribution in [0.4, 0.5) is 0 Å². The Morgan fingerprint density at radius 1 is 1.33 bits per heavy atom. The quantitative estimate of drug-likeness (QED) is 0.860. The summed E-state index contributed by atoms with van der Waals surface area (Å²) in [5.41, 5.74) is 6.39. The lowest BCUT2D eigenvalue weighted by Crippen LogP contribution is -2.54. The maximum atomic E-state index is 5.54. The van der Waals surface area contributed by atoms with Crippen molar-refractivity contribution in [2.45, 2.75) is 38.4 Å². The molecule has 0 radical (unpaired) electrons. The lowest BCUT2D eigenvalue weighted by Gasteiger charge is -2.43. The van der Waals surface area contributed by atoms with E-state index >= 15 is 0 Å². The third-order valence-corrected chi connectivity index (χ3v) is 4.12. The average molecular weight is 250 g/mol. The van der Waals surface area contributed by atoms with Crippen molar-refractivity contribution in [3.63, 3.8) is 0 Å². The van der Waals surface area contributed by atoms with Crippen molar-refractivity contribution in [2.24, 2.45) is 5.73 Å². The topological polar surface area (TPSA) is 58.5 Å². The molecule has 2 saturated heterocycles. The summed E-state index contributed by atoms with van der Waals surface area (Å²) < 4.78 is 5.31. The highest BCUT2D eigenvalue weighted by Crippen LogP contribution is 2.22. The minimum atomic E-state index is 0.458. The van der Waals surface area contributed by atoms with Gasteiger partial charge in [0.25, 0.3) is 0 Å². The number of hydrogen-bond acceptors (Lipinski definition) is 5. The summed E-state index contributed by atoms with van der Waals surface area (Å²) in [6.07, 6.45) is 4.11. The fourth-order valence-electron chi connectivity index (χ4n) is 3.11. The minimum Gasteiger partial charge on any atom is -0.360 e. The molecule has 2 aliphatic heterocycles. The van der Waals surface area contributed by atoms with E-state index in [9.17, 15) is 0 Å². The van der Waals surface area contributed by atoms with Crippen LogP contribution in [0.3, 0.4) is 0 Å². The molecular formula is C13H22N4O. The van der Waals surface area contributed by atoms with Crippen LogP contribution in [0.25, 0.3) is 0 Å². The fraction of sp³-hybridized carbons (Fsp3) is 0.769. The molecule has 5 heteroatoms. The molecule has 0 bridgehead atoms. The zero-order valence-corrected chi connectivity index (χ0v) is 10.8. The molecule has 5 nitrogen and oxygen atoms in total. The van der Waals surface area contributed by atoms with Gasteiger partial charge in [0.2, 0.25) is 0 Å². The van der Waals surface area contributed by atoms with Gasteiger partial charge in [0.05, 0.1) is 12.2 Å². The number of aromatic nitrogens is 1. The molecule has 100 valence electrons. The molecule has 0 amide bonds. The van der Waals surface area contributed by atoms with Gasteiger partial charge in [-0.05, 0) is 19.4 Å². The van der Waals surface area contributed by atoms with Crippen molar-refractivity contribution in [3.8, 4) is 0 Å². The van der Waals surface area contributed by atoms with Gasteiger partial charge in [-0.15, -0.1) is 0 Å². The molecule has 2 N–H and O–H groups in total. The molecule has 0 spiro atoms. The van der Waals surface area contributed by atoms with Crippen molar-refractivity contribution in [1.29, 1.82) is 0 Å². The van der Waals surface area contributed by atoms with E-state index in [4.69, 9.17) is 10.3 Å². The zero-order chi connectivity index (χ0) is 12.4. The number of rotatable bonds is 3. The van der Waals surface area contributed by atoms with E-state index in [0.717, 1.165) is 30.6 Å². The molecule has 1 atom stereocenters. The molecule has 0 saturated carbocycles. The highest BCUT2D eigenvalue weighted by Gasteiger charge is 2.29. The van der Waals surface area contributed by atoms with E-state index < -0.39 is 0 Å². The van der Waals surface area contributed by atoms with E-state index in [2.05, 4.69) is 15.0 Å². The van der Waals surface area contributed by atoms with Crippen LogP contribution in [0, 0.1) is 0 Å². The lowest BCUT2D eigenvalue weighted by atomic mass is 9.99. The van der Waals surface area contributed by atoms with Crippen LogP contribution in [-0.4, -0.2) is 47.2 Å². The molecule has 1 aromatic rings. The Morgan fingerprint density at radius 2 is 2.28 bits per heavy atom. The van der Waals surface area contributed by atoms with Crippen molar-refractivity contribution in [3.05, 3.63) is 17.5 Å². The van der Waals surface area contributed by atoms with Gasteiger partial charge in [-0.25, -0.2) is 0 Å². The van der Waals surface area contributed by atoms with Gasteiger partial charge in [0.1, 0.15) is 0 Å². The first-order valence-electron chi connectivity index (χ1n) is 6.96. The summed E-state index contributed by atoms with van der Waals surface area (Å²) in [5.74, 6) is 0.944. The Morgan fingerprint density at radius 3 is 3.11 bits per heavy atom. The molecule has 3 rings (SSSR count). The van der Waals surface area contributed by atoms with Crippen molar-refractivity contribution < 1.29 is 4.52 Å². The summed E-state index contributed by atoms with van der Waals surface area (Å²) >= 11 is 0. The Kier molecular flexibility index (Phi) is 3.63. The number of piperazine rings is 1. The Hall–Kier alpha value is -0.910. The second kappa shape index (κ2) is 5.38. The standard InChI is InChI=1S/C13H22N4O/c14-8-11-7-13(18-15-11)10-16-5-6-17-4-2-1-3-12(17)9-16/h7,12H,1-6,8-10,14H2. The molecule has 3 heterocycles. The van der Waals surface area contributed by atoms with Crippen LogP contribution in [-0.2, 0) is 13.1 Å². The second-order valence-corrected chi connectivity index (χ2v) is 5.41. The first-order valence-corrected chi connectivity index (χ1v) is 6.96. The van der Waals surface area contributed by atoms with Crippen LogP contribution < -0.4 is 5.73 Å². The molecule has 2 aliphatic rings. The fourth-order valence-corrected chi connectivity index (χ4v) is 3.11. The molecular weight excluding hydrogens is 228 g/mol. The van der Waals surface area contributed by atoms with Gasteiger partial charge in [-0.3, -0.25) is 9.80 Å². The third kappa shape index (κ3) is 2.58. The van der Waals surface area contributed by atoms with Crippen LogP contribution in [0.2, 0.25) is 0 Å². The second-order valence-electron chi connectivity index (χ2n) is 5.41. The predicted octanol–water partition coefficient (Wildman–Crippen LogP) is 0.803.